The second kappa shape index (κ2) is 9.03. The lowest BCUT2D eigenvalue weighted by Crippen LogP contribution is -1.97. The van der Waals surface area contributed by atoms with Gasteiger partial charge in [-0.3, -0.25) is 0 Å². The molecule has 44 heavy (non-hydrogen) atoms. The normalized spacial score (nSPS) is 12.1. The first-order valence-electron chi connectivity index (χ1n) is 15.1. The molecule has 10 rings (SSSR count). The van der Waals surface area contributed by atoms with Gasteiger partial charge in [0.15, 0.2) is 0 Å². The van der Waals surface area contributed by atoms with Gasteiger partial charge in [-0.15, -0.1) is 11.3 Å². The van der Waals surface area contributed by atoms with E-state index >= 15 is 0 Å². The largest absolute Gasteiger partial charge is 0.308 e. The van der Waals surface area contributed by atoms with Crippen LogP contribution in [0.5, 0.6) is 0 Å². The molecule has 0 aliphatic rings. The Bertz CT molecular complexity index is 2780. The Labute approximate surface area is 257 Å². The number of hydrogen-bond acceptors (Lipinski definition) is 1. The standard InChI is InChI=1S/C42H25NS/c1-3-12-29-26(10-1)20-22-34-36(29)24-27-11-2-4-13-30(27)41(34)43-38-18-7-5-14-32(38)37-25-28(21-23-39(37)43)31-16-9-17-35-33-15-6-8-19-40(33)44-42(31)35/h1-25H. The highest BCUT2D eigenvalue weighted by Crippen LogP contribution is 2.44. The van der Waals surface area contributed by atoms with Crippen LogP contribution < -0.4 is 0 Å². The molecule has 0 spiro atoms. The molecule has 2 heteroatoms. The van der Waals surface area contributed by atoms with Crippen molar-refractivity contribution in [1.82, 2.24) is 4.57 Å². The topological polar surface area (TPSA) is 4.93 Å². The van der Waals surface area contributed by atoms with E-state index in [0.717, 1.165) is 0 Å². The van der Waals surface area contributed by atoms with Crippen LogP contribution in [0.1, 0.15) is 0 Å². The lowest BCUT2D eigenvalue weighted by atomic mass is 9.96. The average molecular weight is 576 g/mol. The van der Waals surface area contributed by atoms with Crippen molar-refractivity contribution in [2.75, 3.05) is 0 Å². The second-order valence-corrected chi connectivity index (χ2v) is 12.7. The maximum atomic E-state index is 2.51. The Morgan fingerprint density at radius 3 is 2.00 bits per heavy atom. The molecular formula is C42H25NS. The van der Waals surface area contributed by atoms with E-state index in [4.69, 9.17) is 0 Å². The molecule has 1 nitrogen and oxygen atoms in total. The van der Waals surface area contributed by atoms with Gasteiger partial charge in [0.1, 0.15) is 0 Å². The number of thiophene rings is 1. The van der Waals surface area contributed by atoms with Gasteiger partial charge in [-0.2, -0.15) is 0 Å². The fraction of sp³-hybridized carbons (Fsp3) is 0. The van der Waals surface area contributed by atoms with E-state index in [2.05, 4.69) is 156 Å². The van der Waals surface area contributed by atoms with Crippen molar-refractivity contribution in [2.45, 2.75) is 0 Å². The molecule has 0 aliphatic heterocycles. The number of para-hydroxylation sites is 1. The number of nitrogens with zero attached hydrogens (tertiary/aromatic N) is 1. The molecule has 0 N–H and O–H groups in total. The van der Waals surface area contributed by atoms with Crippen molar-refractivity contribution in [3.8, 4) is 16.8 Å². The van der Waals surface area contributed by atoms with Crippen LogP contribution in [0.2, 0.25) is 0 Å². The van der Waals surface area contributed by atoms with Crippen molar-refractivity contribution < 1.29 is 0 Å². The highest BCUT2D eigenvalue weighted by molar-refractivity contribution is 7.26. The van der Waals surface area contributed by atoms with Crippen LogP contribution in [-0.4, -0.2) is 4.57 Å². The molecule has 0 amide bonds. The summed E-state index contributed by atoms with van der Waals surface area (Å²) >= 11 is 1.89. The summed E-state index contributed by atoms with van der Waals surface area (Å²) in [5, 5.41) is 12.8. The van der Waals surface area contributed by atoms with Gasteiger partial charge in [-0.05, 0) is 63.0 Å². The zero-order chi connectivity index (χ0) is 28.8. The SMILES string of the molecule is c1ccc2c(-n3c4ccccc4c4cc(-c5cccc6c5sc5ccccc56)ccc43)c3ccc4ccccc4c3cc2c1. The highest BCUT2D eigenvalue weighted by Gasteiger charge is 2.19. The van der Waals surface area contributed by atoms with Gasteiger partial charge in [-0.1, -0.05) is 121 Å². The van der Waals surface area contributed by atoms with Gasteiger partial charge in [0.2, 0.25) is 0 Å². The molecule has 0 saturated heterocycles. The molecule has 0 unspecified atom stereocenters. The van der Waals surface area contributed by atoms with Crippen LogP contribution in [0, 0.1) is 0 Å². The van der Waals surface area contributed by atoms with E-state index in [9.17, 15) is 0 Å². The number of fused-ring (bicyclic) bond motifs is 10. The fourth-order valence-electron chi connectivity index (χ4n) is 7.39. The summed E-state index contributed by atoms with van der Waals surface area (Å²) in [4.78, 5) is 0. The zero-order valence-corrected chi connectivity index (χ0v) is 24.6. The smallest absolute Gasteiger partial charge is 0.0619 e. The average Bonchev–Trinajstić information content (AvgIpc) is 3.63. The molecule has 0 saturated carbocycles. The molecule has 10 aromatic rings. The molecule has 2 aromatic heterocycles. The first kappa shape index (κ1) is 24.0. The van der Waals surface area contributed by atoms with Crippen LogP contribution in [0.25, 0.3) is 91.1 Å². The van der Waals surface area contributed by atoms with Crippen molar-refractivity contribution in [2.24, 2.45) is 0 Å². The Hall–Kier alpha value is -5.44. The Kier molecular flexibility index (Phi) is 4.94. The maximum absolute atomic E-state index is 2.51. The minimum Gasteiger partial charge on any atom is -0.308 e. The van der Waals surface area contributed by atoms with Crippen LogP contribution in [0.4, 0.5) is 0 Å². The van der Waals surface area contributed by atoms with E-state index in [0.29, 0.717) is 0 Å². The first-order valence-corrected chi connectivity index (χ1v) is 15.9. The van der Waals surface area contributed by atoms with Crippen LogP contribution in [-0.2, 0) is 0 Å². The van der Waals surface area contributed by atoms with Gasteiger partial charge < -0.3 is 4.57 Å². The first-order chi connectivity index (χ1) is 21.8. The molecule has 0 atom stereocenters. The second-order valence-electron chi connectivity index (χ2n) is 11.7. The molecule has 0 bridgehead atoms. The van der Waals surface area contributed by atoms with Crippen LogP contribution >= 0.6 is 11.3 Å². The summed E-state index contributed by atoms with van der Waals surface area (Å²) in [6.45, 7) is 0. The van der Waals surface area contributed by atoms with Gasteiger partial charge in [0.05, 0.1) is 16.7 Å². The maximum Gasteiger partial charge on any atom is 0.0619 e. The van der Waals surface area contributed by atoms with Crippen molar-refractivity contribution >= 4 is 85.6 Å². The third kappa shape index (κ3) is 3.29. The number of benzene rings is 8. The molecular weight excluding hydrogens is 551 g/mol. The van der Waals surface area contributed by atoms with E-state index in [1.54, 1.807) is 0 Å². The van der Waals surface area contributed by atoms with E-state index in [1.807, 2.05) is 11.3 Å². The Morgan fingerprint density at radius 1 is 0.386 bits per heavy atom. The van der Waals surface area contributed by atoms with Crippen molar-refractivity contribution in [3.63, 3.8) is 0 Å². The van der Waals surface area contributed by atoms with E-state index in [-0.39, 0.29) is 0 Å². The Balaban J connectivity index is 1.32. The monoisotopic (exact) mass is 575 g/mol. The predicted molar refractivity (Wildman–Crippen MR) is 192 cm³/mol. The van der Waals surface area contributed by atoms with Gasteiger partial charge in [0, 0.05) is 41.7 Å². The molecule has 2 heterocycles. The van der Waals surface area contributed by atoms with Crippen LogP contribution in [0.15, 0.2) is 152 Å². The number of rotatable bonds is 2. The number of aromatic nitrogens is 1. The third-order valence-electron chi connectivity index (χ3n) is 9.35. The van der Waals surface area contributed by atoms with E-state index < -0.39 is 0 Å². The summed E-state index contributed by atoms with van der Waals surface area (Å²) in [5.41, 5.74) is 6.25. The summed E-state index contributed by atoms with van der Waals surface area (Å²) in [6.07, 6.45) is 0. The minimum atomic E-state index is 1.23. The summed E-state index contributed by atoms with van der Waals surface area (Å²) in [5.74, 6) is 0. The van der Waals surface area contributed by atoms with Gasteiger partial charge in [-0.25, -0.2) is 0 Å². The van der Waals surface area contributed by atoms with Crippen molar-refractivity contribution in [1.29, 1.82) is 0 Å². The van der Waals surface area contributed by atoms with Gasteiger partial charge in [0.25, 0.3) is 0 Å². The third-order valence-corrected chi connectivity index (χ3v) is 10.6. The molecule has 0 aliphatic carbocycles. The summed E-state index contributed by atoms with van der Waals surface area (Å²) < 4.78 is 5.19. The predicted octanol–water partition coefficient (Wildman–Crippen LogP) is 12.3. The lowest BCUT2D eigenvalue weighted by Gasteiger charge is -2.17. The number of hydrogen-bond donors (Lipinski definition) is 0. The molecule has 0 fully saturated rings. The fourth-order valence-corrected chi connectivity index (χ4v) is 8.63. The molecule has 204 valence electrons. The summed E-state index contributed by atoms with van der Waals surface area (Å²) in [6, 6.07) is 56.0. The van der Waals surface area contributed by atoms with Crippen LogP contribution in [0.3, 0.4) is 0 Å². The highest BCUT2D eigenvalue weighted by atomic mass is 32.1. The van der Waals surface area contributed by atoms with Gasteiger partial charge >= 0.3 is 0 Å². The van der Waals surface area contributed by atoms with Crippen molar-refractivity contribution in [3.05, 3.63) is 152 Å². The molecule has 0 radical (unpaired) electrons. The lowest BCUT2D eigenvalue weighted by molar-refractivity contribution is 1.21. The molecule has 8 aromatic carbocycles. The van der Waals surface area contributed by atoms with E-state index in [1.165, 1.54) is 91.1 Å². The minimum absolute atomic E-state index is 1.23. The Morgan fingerprint density at radius 2 is 1.09 bits per heavy atom. The zero-order valence-electron chi connectivity index (χ0n) is 23.8. The summed E-state index contributed by atoms with van der Waals surface area (Å²) in [7, 11) is 0. The quantitative estimate of drug-likeness (QED) is 0.143.